The lowest BCUT2D eigenvalue weighted by Crippen LogP contribution is -2.13. The minimum Gasteiger partial charge on any atom is -0.400 e. The molecule has 4 N–H and O–H groups in total. The molecule has 1 aliphatic rings. The van der Waals surface area contributed by atoms with Gasteiger partial charge in [0.2, 0.25) is 0 Å². The van der Waals surface area contributed by atoms with Crippen LogP contribution in [0.4, 0.5) is 5.69 Å². The Bertz CT molecular complexity index is 1010. The number of nitrogens with two attached hydrogens (primary N) is 1. The quantitative estimate of drug-likeness (QED) is 0.584. The molecule has 0 atom stereocenters. The van der Waals surface area contributed by atoms with Crippen LogP contribution in [0, 0.1) is 6.92 Å². The highest BCUT2D eigenvalue weighted by molar-refractivity contribution is 6.08. The molecule has 0 saturated carbocycles. The van der Waals surface area contributed by atoms with E-state index in [9.17, 15) is 4.79 Å². The zero-order valence-electron chi connectivity index (χ0n) is 16.5. The van der Waals surface area contributed by atoms with Crippen LogP contribution in [0.3, 0.4) is 0 Å². The Hall–Kier alpha value is -3.67. The first-order chi connectivity index (χ1) is 14.1. The van der Waals surface area contributed by atoms with Crippen molar-refractivity contribution in [1.29, 1.82) is 0 Å². The number of amides is 1. The van der Waals surface area contributed by atoms with Gasteiger partial charge in [0.1, 0.15) is 0 Å². The lowest BCUT2D eigenvalue weighted by atomic mass is 10.1. The molecule has 6 nitrogen and oxygen atoms in total. The van der Waals surface area contributed by atoms with Crippen molar-refractivity contribution in [3.8, 4) is 0 Å². The molecule has 0 spiro atoms. The van der Waals surface area contributed by atoms with Gasteiger partial charge in [-0.05, 0) is 62.7 Å². The van der Waals surface area contributed by atoms with E-state index in [0.717, 1.165) is 36.2 Å². The molecule has 4 rings (SSSR count). The molecule has 2 heterocycles. The van der Waals surface area contributed by atoms with E-state index in [1.165, 1.54) is 5.56 Å². The van der Waals surface area contributed by atoms with Crippen molar-refractivity contribution >= 4 is 24.0 Å². The molecule has 29 heavy (non-hydrogen) atoms. The fraction of sp³-hybridized carbons (Fsp3) is 0.174. The lowest BCUT2D eigenvalue weighted by Gasteiger charge is -2.08. The summed E-state index contributed by atoms with van der Waals surface area (Å²) in [4.78, 5) is 23.7. The predicted octanol–water partition coefficient (Wildman–Crippen LogP) is 4.32. The highest BCUT2D eigenvalue weighted by atomic mass is 16.1. The number of allylic oxidation sites excluding steroid dienone is 1. The number of aromatic amines is 1. The number of nitrogens with one attached hydrogen (secondary N) is 2. The van der Waals surface area contributed by atoms with E-state index in [1.807, 2.05) is 49.4 Å². The fourth-order valence-corrected chi connectivity index (χ4v) is 3.17. The van der Waals surface area contributed by atoms with Crippen molar-refractivity contribution in [3.05, 3.63) is 89.1 Å². The second kappa shape index (κ2) is 9.50. The molecule has 0 fully saturated rings. The van der Waals surface area contributed by atoms with Crippen LogP contribution in [-0.4, -0.2) is 22.6 Å². The Labute approximate surface area is 170 Å². The third kappa shape index (κ3) is 4.99. The zero-order valence-corrected chi connectivity index (χ0v) is 16.5. The molecule has 0 bridgehead atoms. The van der Waals surface area contributed by atoms with Crippen LogP contribution < -0.4 is 11.1 Å². The van der Waals surface area contributed by atoms with Gasteiger partial charge in [0.15, 0.2) is 0 Å². The first-order valence-electron chi connectivity index (χ1n) is 9.49. The molecule has 1 aromatic carbocycles. The van der Waals surface area contributed by atoms with E-state index in [1.54, 1.807) is 18.6 Å². The van der Waals surface area contributed by atoms with E-state index in [4.69, 9.17) is 5.73 Å². The molecule has 1 amide bonds. The van der Waals surface area contributed by atoms with Gasteiger partial charge in [0, 0.05) is 41.2 Å². The monoisotopic (exact) mass is 387 g/mol. The minimum atomic E-state index is -0.181. The van der Waals surface area contributed by atoms with Gasteiger partial charge in [0.05, 0.1) is 11.3 Å². The van der Waals surface area contributed by atoms with Gasteiger partial charge in [-0.15, -0.1) is 0 Å². The average Bonchev–Trinajstić information content (AvgIpc) is 3.07. The Balaban J connectivity index is 0.000000290. The van der Waals surface area contributed by atoms with Gasteiger partial charge in [-0.1, -0.05) is 18.2 Å². The number of hydrogen-bond acceptors (Lipinski definition) is 4. The first-order valence-corrected chi connectivity index (χ1v) is 9.49. The lowest BCUT2D eigenvalue weighted by molar-refractivity contribution is 0.102. The van der Waals surface area contributed by atoms with Crippen molar-refractivity contribution < 1.29 is 4.79 Å². The van der Waals surface area contributed by atoms with Crippen molar-refractivity contribution in [3.63, 3.8) is 0 Å². The van der Waals surface area contributed by atoms with Crippen LogP contribution in [0.5, 0.6) is 0 Å². The first kappa shape index (κ1) is 20.1. The number of carbonyl (C=O) groups excluding carboxylic acids is 1. The van der Waals surface area contributed by atoms with Gasteiger partial charge in [0.25, 0.3) is 5.91 Å². The topological polar surface area (TPSA) is 96.2 Å². The summed E-state index contributed by atoms with van der Waals surface area (Å²) in [6.07, 6.45) is 7.82. The van der Waals surface area contributed by atoms with Crippen LogP contribution in [0.15, 0.2) is 71.7 Å². The number of hydrogen-bond donors (Lipinski definition) is 3. The minimum absolute atomic E-state index is 0.181. The number of H-pyrrole nitrogens is 1. The summed E-state index contributed by atoms with van der Waals surface area (Å²) < 4.78 is 0. The average molecular weight is 387 g/mol. The summed E-state index contributed by atoms with van der Waals surface area (Å²) in [6.45, 7) is 5.65. The standard InChI is InChI=1S/C17H18N4O.C6H7N/c1-19-16-13(18)8-5-9-14-15(16)12(10-20-14)17(22)21-11-6-3-2-4-7-11;1-6-2-4-7-5-3-6/h2-4,6-7,10,20H,1,5,8-9,18H2,(H,21,22);2-5H,1H3. The maximum absolute atomic E-state index is 12.6. The van der Waals surface area contributed by atoms with Crippen LogP contribution in [0.2, 0.25) is 0 Å². The number of benzene rings is 1. The van der Waals surface area contributed by atoms with Crippen LogP contribution >= 0.6 is 0 Å². The summed E-state index contributed by atoms with van der Waals surface area (Å²) in [7, 11) is 0. The second-order valence-electron chi connectivity index (χ2n) is 6.79. The number of rotatable bonds is 3. The molecular weight excluding hydrogens is 362 g/mol. The smallest absolute Gasteiger partial charge is 0.257 e. The number of pyridine rings is 1. The SMILES string of the molecule is C=NC1=C(N)CCCc2[nH]cc(C(=O)Nc3ccccc3)c21.Cc1ccncc1. The molecule has 0 unspecified atom stereocenters. The van der Waals surface area contributed by atoms with E-state index < -0.39 is 0 Å². The Kier molecular flexibility index (Phi) is 6.58. The van der Waals surface area contributed by atoms with Gasteiger partial charge in [-0.3, -0.25) is 14.8 Å². The van der Waals surface area contributed by atoms with E-state index >= 15 is 0 Å². The molecule has 1 aliphatic carbocycles. The number of para-hydroxylation sites is 1. The largest absolute Gasteiger partial charge is 0.400 e. The molecular formula is C23H25N5O. The highest BCUT2D eigenvalue weighted by Gasteiger charge is 2.23. The fourth-order valence-electron chi connectivity index (χ4n) is 3.17. The zero-order chi connectivity index (χ0) is 20.6. The second-order valence-corrected chi connectivity index (χ2v) is 6.79. The van der Waals surface area contributed by atoms with E-state index in [-0.39, 0.29) is 5.91 Å². The molecule has 0 saturated heterocycles. The summed E-state index contributed by atoms with van der Waals surface area (Å²) in [6, 6.07) is 13.3. The number of carbonyl (C=O) groups is 1. The van der Waals surface area contributed by atoms with Gasteiger partial charge in [-0.25, -0.2) is 0 Å². The third-order valence-corrected chi connectivity index (χ3v) is 4.66. The third-order valence-electron chi connectivity index (χ3n) is 4.66. The molecule has 0 aliphatic heterocycles. The number of aliphatic imine (C=N–C) groups is 1. The Morgan fingerprint density at radius 3 is 2.52 bits per heavy atom. The van der Waals surface area contributed by atoms with Crippen molar-refractivity contribution in [2.45, 2.75) is 26.2 Å². The maximum Gasteiger partial charge on any atom is 0.257 e. The van der Waals surface area contributed by atoms with Crippen molar-refractivity contribution in [2.24, 2.45) is 10.7 Å². The van der Waals surface area contributed by atoms with Gasteiger partial charge < -0.3 is 16.0 Å². The maximum atomic E-state index is 12.6. The Morgan fingerprint density at radius 2 is 1.90 bits per heavy atom. The predicted molar refractivity (Wildman–Crippen MR) is 118 cm³/mol. The van der Waals surface area contributed by atoms with Crippen LogP contribution in [0.25, 0.3) is 5.70 Å². The Morgan fingerprint density at radius 1 is 1.17 bits per heavy atom. The summed E-state index contributed by atoms with van der Waals surface area (Å²) >= 11 is 0. The number of anilines is 1. The number of fused-ring (bicyclic) bond motifs is 1. The van der Waals surface area contributed by atoms with Gasteiger partial charge >= 0.3 is 0 Å². The number of nitrogens with zero attached hydrogens (tertiary/aromatic N) is 2. The molecule has 2 aromatic heterocycles. The summed E-state index contributed by atoms with van der Waals surface area (Å²) in [5, 5.41) is 2.89. The summed E-state index contributed by atoms with van der Waals surface area (Å²) in [5.41, 5.74) is 11.7. The molecule has 0 radical (unpaired) electrons. The van der Waals surface area contributed by atoms with Crippen molar-refractivity contribution in [1.82, 2.24) is 9.97 Å². The van der Waals surface area contributed by atoms with Crippen LogP contribution in [0.1, 0.15) is 40.0 Å². The van der Waals surface area contributed by atoms with E-state index in [2.05, 4.69) is 27.0 Å². The number of aromatic nitrogens is 2. The van der Waals surface area contributed by atoms with Crippen molar-refractivity contribution in [2.75, 3.05) is 5.32 Å². The number of aryl methyl sites for hydroxylation is 2. The normalized spacial score (nSPS) is 12.9. The molecule has 6 heteroatoms. The summed E-state index contributed by atoms with van der Waals surface area (Å²) in [5.74, 6) is -0.181. The van der Waals surface area contributed by atoms with Crippen LogP contribution in [-0.2, 0) is 6.42 Å². The molecule has 3 aromatic rings. The van der Waals surface area contributed by atoms with E-state index in [0.29, 0.717) is 17.0 Å². The molecule has 148 valence electrons. The highest BCUT2D eigenvalue weighted by Crippen LogP contribution is 2.31. The van der Waals surface area contributed by atoms with Gasteiger partial charge in [-0.2, -0.15) is 0 Å².